The molecule has 0 spiro atoms. The van der Waals surface area contributed by atoms with Gasteiger partial charge in [-0.1, -0.05) is 29.3 Å². The lowest BCUT2D eigenvalue weighted by molar-refractivity contribution is 0.475. The van der Waals surface area contributed by atoms with E-state index in [1.54, 1.807) is 0 Å². The van der Waals surface area contributed by atoms with Crippen LogP contribution in [0.3, 0.4) is 0 Å². The summed E-state index contributed by atoms with van der Waals surface area (Å²) in [6.45, 7) is 1.99. The standard InChI is InChI=1S/C11H7BrCl2N2O/c1-6-2-3-8(7(12)4-6)17-9-5-10(13)15-16-11(9)14/h2-5H,1H3. The van der Waals surface area contributed by atoms with Crippen LogP contribution in [0.25, 0.3) is 0 Å². The van der Waals surface area contributed by atoms with Crippen molar-refractivity contribution in [2.75, 3.05) is 0 Å². The van der Waals surface area contributed by atoms with Gasteiger partial charge in [0, 0.05) is 6.07 Å². The van der Waals surface area contributed by atoms with E-state index in [1.165, 1.54) is 6.07 Å². The Kier molecular flexibility index (Phi) is 3.86. The van der Waals surface area contributed by atoms with Crippen molar-refractivity contribution in [1.29, 1.82) is 0 Å². The third-order valence-corrected chi connectivity index (χ3v) is 3.06. The van der Waals surface area contributed by atoms with Gasteiger partial charge in [-0.05, 0) is 40.5 Å². The quantitative estimate of drug-likeness (QED) is 0.802. The topological polar surface area (TPSA) is 35.0 Å². The highest BCUT2D eigenvalue weighted by Gasteiger charge is 2.09. The number of hydrogen-bond acceptors (Lipinski definition) is 3. The molecule has 0 fully saturated rings. The number of halogens is 3. The van der Waals surface area contributed by atoms with Crippen molar-refractivity contribution in [2.45, 2.75) is 6.92 Å². The summed E-state index contributed by atoms with van der Waals surface area (Å²) in [5.41, 5.74) is 1.13. The van der Waals surface area contributed by atoms with Crippen molar-refractivity contribution in [3.63, 3.8) is 0 Å². The zero-order valence-electron chi connectivity index (χ0n) is 8.75. The smallest absolute Gasteiger partial charge is 0.194 e. The Labute approximate surface area is 117 Å². The summed E-state index contributed by atoms with van der Waals surface area (Å²) in [5, 5.41) is 7.67. The summed E-state index contributed by atoms with van der Waals surface area (Å²) < 4.78 is 6.44. The Balaban J connectivity index is 2.34. The molecule has 0 saturated heterocycles. The minimum Gasteiger partial charge on any atom is -0.453 e. The number of nitrogens with zero attached hydrogens (tertiary/aromatic N) is 2. The van der Waals surface area contributed by atoms with E-state index < -0.39 is 0 Å². The van der Waals surface area contributed by atoms with Crippen molar-refractivity contribution < 1.29 is 4.74 Å². The molecule has 0 aliphatic heterocycles. The van der Waals surface area contributed by atoms with Crippen LogP contribution < -0.4 is 4.74 Å². The summed E-state index contributed by atoms with van der Waals surface area (Å²) >= 11 is 15.0. The molecule has 0 bridgehead atoms. The van der Waals surface area contributed by atoms with Crippen molar-refractivity contribution in [1.82, 2.24) is 10.2 Å². The highest BCUT2D eigenvalue weighted by Crippen LogP contribution is 2.33. The molecule has 0 radical (unpaired) electrons. The van der Waals surface area contributed by atoms with Gasteiger partial charge in [0.1, 0.15) is 5.75 Å². The number of benzene rings is 1. The van der Waals surface area contributed by atoms with Gasteiger partial charge in [-0.25, -0.2) is 0 Å². The maximum absolute atomic E-state index is 5.86. The fourth-order valence-corrected chi connectivity index (χ4v) is 2.06. The normalized spacial score (nSPS) is 10.4. The number of aryl methyl sites for hydroxylation is 1. The largest absolute Gasteiger partial charge is 0.453 e. The summed E-state index contributed by atoms with van der Waals surface area (Å²) in [6.07, 6.45) is 0. The molecule has 1 aromatic heterocycles. The van der Waals surface area contributed by atoms with Crippen LogP contribution in [0.5, 0.6) is 11.5 Å². The van der Waals surface area contributed by atoms with Crippen LogP contribution in [0.15, 0.2) is 28.7 Å². The van der Waals surface area contributed by atoms with Gasteiger partial charge in [0.25, 0.3) is 0 Å². The molecule has 2 rings (SSSR count). The molecular weight excluding hydrogens is 327 g/mol. The van der Waals surface area contributed by atoms with Gasteiger partial charge in [-0.15, -0.1) is 10.2 Å². The Bertz CT molecular complexity index is 563. The average Bonchev–Trinajstić information content (AvgIpc) is 2.27. The highest BCUT2D eigenvalue weighted by atomic mass is 79.9. The molecule has 88 valence electrons. The zero-order chi connectivity index (χ0) is 12.4. The van der Waals surface area contributed by atoms with Crippen LogP contribution in [0.2, 0.25) is 10.3 Å². The highest BCUT2D eigenvalue weighted by molar-refractivity contribution is 9.10. The van der Waals surface area contributed by atoms with Crippen LogP contribution >= 0.6 is 39.1 Å². The van der Waals surface area contributed by atoms with Gasteiger partial charge in [-0.3, -0.25) is 0 Å². The van der Waals surface area contributed by atoms with Crippen molar-refractivity contribution in [3.8, 4) is 11.5 Å². The number of aromatic nitrogens is 2. The molecule has 0 aliphatic rings. The van der Waals surface area contributed by atoms with Crippen LogP contribution in [0.4, 0.5) is 0 Å². The molecule has 0 N–H and O–H groups in total. The van der Waals surface area contributed by atoms with Crippen LogP contribution in [-0.2, 0) is 0 Å². The van der Waals surface area contributed by atoms with Crippen molar-refractivity contribution in [2.24, 2.45) is 0 Å². The molecule has 0 atom stereocenters. The van der Waals surface area contributed by atoms with Crippen LogP contribution in [0.1, 0.15) is 5.56 Å². The second kappa shape index (κ2) is 5.21. The second-order valence-corrected chi connectivity index (χ2v) is 4.96. The fraction of sp³-hybridized carbons (Fsp3) is 0.0909. The molecule has 1 aromatic carbocycles. The van der Waals surface area contributed by atoms with Gasteiger partial charge in [-0.2, -0.15) is 0 Å². The minimum atomic E-state index is 0.168. The Hall–Kier alpha value is -0.840. The fourth-order valence-electron chi connectivity index (χ4n) is 1.22. The van der Waals surface area contributed by atoms with E-state index in [-0.39, 0.29) is 10.3 Å². The maximum atomic E-state index is 5.86. The van der Waals surface area contributed by atoms with E-state index in [9.17, 15) is 0 Å². The van der Waals surface area contributed by atoms with Gasteiger partial charge in [0.05, 0.1) is 4.47 Å². The second-order valence-electron chi connectivity index (χ2n) is 3.36. The molecule has 3 nitrogen and oxygen atoms in total. The lowest BCUT2D eigenvalue weighted by atomic mass is 10.2. The molecular formula is C11H7BrCl2N2O. The first-order valence-corrected chi connectivity index (χ1v) is 6.24. The van der Waals surface area contributed by atoms with E-state index in [0.717, 1.165) is 10.0 Å². The number of hydrogen-bond donors (Lipinski definition) is 0. The summed E-state index contributed by atoms with van der Waals surface area (Å²) in [7, 11) is 0. The molecule has 0 saturated carbocycles. The third kappa shape index (κ3) is 3.09. The first kappa shape index (κ1) is 12.6. The van der Waals surface area contributed by atoms with Gasteiger partial charge < -0.3 is 4.74 Å². The Morgan fingerprint density at radius 3 is 2.59 bits per heavy atom. The van der Waals surface area contributed by atoms with E-state index in [0.29, 0.717) is 11.5 Å². The van der Waals surface area contributed by atoms with Crippen LogP contribution in [-0.4, -0.2) is 10.2 Å². The molecule has 6 heteroatoms. The van der Waals surface area contributed by atoms with Crippen molar-refractivity contribution in [3.05, 3.63) is 44.6 Å². The SMILES string of the molecule is Cc1ccc(Oc2cc(Cl)nnc2Cl)c(Br)c1. The minimum absolute atomic E-state index is 0.168. The molecule has 0 unspecified atom stereocenters. The number of ether oxygens (including phenoxy) is 1. The molecule has 1 heterocycles. The summed E-state index contributed by atoms with van der Waals surface area (Å²) in [5.74, 6) is 1.01. The average molecular weight is 334 g/mol. The first-order chi connectivity index (χ1) is 8.06. The van der Waals surface area contributed by atoms with E-state index in [4.69, 9.17) is 27.9 Å². The zero-order valence-corrected chi connectivity index (χ0v) is 11.8. The predicted octanol–water partition coefficient (Wildman–Crippen LogP) is 4.65. The first-order valence-electron chi connectivity index (χ1n) is 4.69. The number of rotatable bonds is 2. The molecule has 0 aliphatic carbocycles. The lowest BCUT2D eigenvalue weighted by Crippen LogP contribution is -1.91. The summed E-state index contributed by atoms with van der Waals surface area (Å²) in [4.78, 5) is 0. The van der Waals surface area contributed by atoms with E-state index in [1.807, 2.05) is 25.1 Å². The Morgan fingerprint density at radius 2 is 1.88 bits per heavy atom. The van der Waals surface area contributed by atoms with E-state index in [2.05, 4.69) is 26.1 Å². The van der Waals surface area contributed by atoms with E-state index >= 15 is 0 Å². The van der Waals surface area contributed by atoms with Gasteiger partial charge in [0.15, 0.2) is 16.1 Å². The lowest BCUT2D eigenvalue weighted by Gasteiger charge is -2.08. The van der Waals surface area contributed by atoms with Crippen LogP contribution in [0, 0.1) is 6.92 Å². The third-order valence-electron chi connectivity index (χ3n) is 1.99. The van der Waals surface area contributed by atoms with Gasteiger partial charge >= 0.3 is 0 Å². The molecule has 17 heavy (non-hydrogen) atoms. The summed E-state index contributed by atoms with van der Waals surface area (Å²) in [6, 6.07) is 7.23. The monoisotopic (exact) mass is 332 g/mol. The van der Waals surface area contributed by atoms with Crippen molar-refractivity contribution >= 4 is 39.1 Å². The molecule has 2 aromatic rings. The van der Waals surface area contributed by atoms with Gasteiger partial charge in [0.2, 0.25) is 0 Å². The maximum Gasteiger partial charge on any atom is 0.194 e. The Morgan fingerprint density at radius 1 is 1.12 bits per heavy atom. The predicted molar refractivity (Wildman–Crippen MR) is 71.0 cm³/mol. The molecule has 0 amide bonds.